The number of carboxylic acids is 1. The Morgan fingerprint density at radius 2 is 1.90 bits per heavy atom. The third-order valence-electron chi connectivity index (χ3n) is 3.33. The van der Waals surface area contributed by atoms with Crippen LogP contribution in [0.3, 0.4) is 0 Å². The van der Waals surface area contributed by atoms with E-state index >= 15 is 0 Å². The van der Waals surface area contributed by atoms with Crippen molar-refractivity contribution in [3.8, 4) is 0 Å². The zero-order valence-electron chi connectivity index (χ0n) is 12.2. The normalized spacial score (nSPS) is 14.2. The van der Waals surface area contributed by atoms with E-state index in [1.54, 1.807) is 4.90 Å². The van der Waals surface area contributed by atoms with Crippen LogP contribution in [0.25, 0.3) is 0 Å². The van der Waals surface area contributed by atoms with Gasteiger partial charge in [-0.05, 0) is 33.1 Å². The molecular weight excluding hydrogens is 260 g/mol. The van der Waals surface area contributed by atoms with Gasteiger partial charge in [-0.15, -0.1) is 0 Å². The molecule has 2 amide bonds. The van der Waals surface area contributed by atoms with Gasteiger partial charge in [0, 0.05) is 31.5 Å². The number of carbonyl (C=O) groups excluding carboxylic acids is 2. The summed E-state index contributed by atoms with van der Waals surface area (Å²) in [4.78, 5) is 35.6. The highest BCUT2D eigenvalue weighted by Gasteiger charge is 2.29. The van der Waals surface area contributed by atoms with Gasteiger partial charge in [0.15, 0.2) is 0 Å². The Bertz CT molecular complexity index is 364. The minimum atomic E-state index is -0.903. The molecule has 114 valence electrons. The number of hydrogen-bond donors (Lipinski definition) is 2. The van der Waals surface area contributed by atoms with Crippen molar-refractivity contribution in [2.75, 3.05) is 13.1 Å². The monoisotopic (exact) mass is 284 g/mol. The molecule has 1 rings (SSSR count). The first-order valence-electron chi connectivity index (χ1n) is 7.20. The van der Waals surface area contributed by atoms with Crippen molar-refractivity contribution >= 4 is 17.8 Å². The van der Waals surface area contributed by atoms with Gasteiger partial charge >= 0.3 is 5.97 Å². The first kappa shape index (κ1) is 16.5. The molecule has 6 nitrogen and oxygen atoms in total. The van der Waals surface area contributed by atoms with Crippen LogP contribution >= 0.6 is 0 Å². The lowest BCUT2D eigenvalue weighted by Gasteiger charge is -2.26. The van der Waals surface area contributed by atoms with Crippen LogP contribution in [0.4, 0.5) is 0 Å². The van der Waals surface area contributed by atoms with E-state index in [2.05, 4.69) is 5.32 Å². The first-order valence-corrected chi connectivity index (χ1v) is 7.20. The molecule has 20 heavy (non-hydrogen) atoms. The predicted octanol–water partition coefficient (Wildman–Crippen LogP) is 1.00. The summed E-state index contributed by atoms with van der Waals surface area (Å²) in [5.74, 6) is -0.681. The van der Waals surface area contributed by atoms with E-state index in [9.17, 15) is 14.4 Å². The number of nitrogens with one attached hydrogen (secondary N) is 1. The molecule has 1 aliphatic rings. The molecule has 0 aliphatic heterocycles. The summed E-state index contributed by atoms with van der Waals surface area (Å²) >= 11 is 0. The highest BCUT2D eigenvalue weighted by atomic mass is 16.4. The Hall–Kier alpha value is -1.59. The van der Waals surface area contributed by atoms with E-state index in [-0.39, 0.29) is 36.7 Å². The summed E-state index contributed by atoms with van der Waals surface area (Å²) in [6, 6.07) is -0.0112. The zero-order valence-corrected chi connectivity index (χ0v) is 12.2. The maximum atomic E-state index is 12.0. The molecule has 1 saturated carbocycles. The third kappa shape index (κ3) is 6.04. The second-order valence-electron chi connectivity index (χ2n) is 5.49. The minimum Gasteiger partial charge on any atom is -0.481 e. The SMILES string of the molecule is CC(C)N(CCC(=O)O)C(=O)CCCNC(=O)C1CC1. The fourth-order valence-corrected chi connectivity index (χ4v) is 1.97. The Morgan fingerprint density at radius 3 is 2.40 bits per heavy atom. The van der Waals surface area contributed by atoms with Gasteiger partial charge in [0.25, 0.3) is 0 Å². The molecule has 0 unspecified atom stereocenters. The smallest absolute Gasteiger partial charge is 0.305 e. The molecule has 1 fully saturated rings. The number of rotatable bonds is 9. The number of amides is 2. The molecule has 0 aromatic carbocycles. The maximum absolute atomic E-state index is 12.0. The Labute approximate surface area is 119 Å². The highest BCUT2D eigenvalue weighted by Crippen LogP contribution is 2.28. The summed E-state index contributed by atoms with van der Waals surface area (Å²) in [5, 5.41) is 11.5. The van der Waals surface area contributed by atoms with Gasteiger partial charge in [-0.2, -0.15) is 0 Å². The van der Waals surface area contributed by atoms with Gasteiger partial charge in [0.05, 0.1) is 6.42 Å². The van der Waals surface area contributed by atoms with E-state index < -0.39 is 5.97 Å². The molecule has 0 aromatic rings. The summed E-state index contributed by atoms with van der Waals surface area (Å²) < 4.78 is 0. The molecule has 0 radical (unpaired) electrons. The largest absolute Gasteiger partial charge is 0.481 e. The standard InChI is InChI=1S/C14H24N2O4/c1-10(2)16(9-7-13(18)19)12(17)4-3-8-15-14(20)11-5-6-11/h10-11H,3-9H2,1-2H3,(H,15,20)(H,18,19). The van der Waals surface area contributed by atoms with Crippen LogP contribution in [0.15, 0.2) is 0 Å². The van der Waals surface area contributed by atoms with Gasteiger partial charge in [-0.25, -0.2) is 0 Å². The van der Waals surface area contributed by atoms with Crippen molar-refractivity contribution in [2.24, 2.45) is 5.92 Å². The summed E-state index contributed by atoms with van der Waals surface area (Å²) in [7, 11) is 0. The maximum Gasteiger partial charge on any atom is 0.305 e. The van der Waals surface area contributed by atoms with Crippen molar-refractivity contribution in [2.45, 2.75) is 52.0 Å². The number of carbonyl (C=O) groups is 3. The van der Waals surface area contributed by atoms with E-state index in [1.807, 2.05) is 13.8 Å². The summed E-state index contributed by atoms with van der Waals surface area (Å²) in [6.45, 7) is 4.48. The van der Waals surface area contributed by atoms with Crippen LogP contribution < -0.4 is 5.32 Å². The third-order valence-corrected chi connectivity index (χ3v) is 3.33. The fourth-order valence-electron chi connectivity index (χ4n) is 1.97. The van der Waals surface area contributed by atoms with E-state index in [0.29, 0.717) is 19.4 Å². The first-order chi connectivity index (χ1) is 9.41. The molecule has 0 atom stereocenters. The van der Waals surface area contributed by atoms with Crippen LogP contribution in [-0.2, 0) is 14.4 Å². The number of nitrogens with zero attached hydrogens (tertiary/aromatic N) is 1. The molecule has 0 heterocycles. The van der Waals surface area contributed by atoms with Gasteiger partial charge in [0.2, 0.25) is 11.8 Å². The number of hydrogen-bond acceptors (Lipinski definition) is 3. The topological polar surface area (TPSA) is 86.7 Å². The van der Waals surface area contributed by atoms with Crippen molar-refractivity contribution in [3.05, 3.63) is 0 Å². The number of aliphatic carboxylic acids is 1. The molecule has 6 heteroatoms. The average molecular weight is 284 g/mol. The Balaban J connectivity index is 2.22. The number of carboxylic acid groups (broad SMARTS) is 1. The van der Waals surface area contributed by atoms with Gasteiger partial charge in [-0.1, -0.05) is 0 Å². The quantitative estimate of drug-likeness (QED) is 0.618. The van der Waals surface area contributed by atoms with Gasteiger partial charge in [0.1, 0.15) is 0 Å². The van der Waals surface area contributed by atoms with E-state index in [4.69, 9.17) is 5.11 Å². The molecule has 1 aliphatic carbocycles. The molecule has 0 bridgehead atoms. The van der Waals surface area contributed by atoms with Gasteiger partial charge in [-0.3, -0.25) is 14.4 Å². The molecule has 2 N–H and O–H groups in total. The van der Waals surface area contributed by atoms with E-state index in [1.165, 1.54) is 0 Å². The van der Waals surface area contributed by atoms with Crippen molar-refractivity contribution < 1.29 is 19.5 Å². The molecule has 0 saturated heterocycles. The second-order valence-corrected chi connectivity index (χ2v) is 5.49. The lowest BCUT2D eigenvalue weighted by atomic mass is 10.2. The highest BCUT2D eigenvalue weighted by molar-refractivity contribution is 5.81. The van der Waals surface area contributed by atoms with Crippen LogP contribution in [0.5, 0.6) is 0 Å². The van der Waals surface area contributed by atoms with Crippen molar-refractivity contribution in [3.63, 3.8) is 0 Å². The van der Waals surface area contributed by atoms with Crippen LogP contribution in [0.1, 0.15) is 46.0 Å². The lowest BCUT2D eigenvalue weighted by Crippen LogP contribution is -2.38. The van der Waals surface area contributed by atoms with Crippen LogP contribution in [0, 0.1) is 5.92 Å². The minimum absolute atomic E-state index is 0.0112. The Kier molecular flexibility index (Phi) is 6.48. The van der Waals surface area contributed by atoms with Crippen LogP contribution in [0.2, 0.25) is 0 Å². The summed E-state index contributed by atoms with van der Waals surface area (Å²) in [6.07, 6.45) is 2.83. The summed E-state index contributed by atoms with van der Waals surface area (Å²) in [5.41, 5.74) is 0. The Morgan fingerprint density at radius 1 is 1.25 bits per heavy atom. The molecular formula is C14H24N2O4. The van der Waals surface area contributed by atoms with Gasteiger partial charge < -0.3 is 15.3 Å². The predicted molar refractivity (Wildman–Crippen MR) is 74.1 cm³/mol. The average Bonchev–Trinajstić information content (AvgIpc) is 3.17. The molecule has 0 spiro atoms. The van der Waals surface area contributed by atoms with E-state index in [0.717, 1.165) is 12.8 Å². The second kappa shape index (κ2) is 7.87. The zero-order chi connectivity index (χ0) is 15.1. The van der Waals surface area contributed by atoms with Crippen molar-refractivity contribution in [1.82, 2.24) is 10.2 Å². The lowest BCUT2D eigenvalue weighted by molar-refractivity contribution is -0.139. The molecule has 0 aromatic heterocycles. The van der Waals surface area contributed by atoms with Crippen molar-refractivity contribution in [1.29, 1.82) is 0 Å². The fraction of sp³-hybridized carbons (Fsp3) is 0.786. The van der Waals surface area contributed by atoms with Crippen LogP contribution in [-0.4, -0.2) is 46.9 Å².